The van der Waals surface area contributed by atoms with E-state index in [1.807, 2.05) is 12.1 Å². The molecule has 0 bridgehead atoms. The molecular weight excluding hydrogens is 180 g/mol. The van der Waals surface area contributed by atoms with Crippen LogP contribution in [0.3, 0.4) is 0 Å². The van der Waals surface area contributed by atoms with Crippen molar-refractivity contribution in [2.45, 2.75) is 6.61 Å². The third-order valence-corrected chi connectivity index (χ3v) is 3.25. The van der Waals surface area contributed by atoms with E-state index in [1.165, 1.54) is 16.0 Å². The maximum Gasteiger partial charge on any atom is 0.128 e. The van der Waals surface area contributed by atoms with Crippen LogP contribution in [0.15, 0.2) is 35.7 Å². The minimum absolute atomic E-state index is 0.718. The molecule has 2 aromatic rings. The second kappa shape index (κ2) is 2.60. The van der Waals surface area contributed by atoms with Crippen LogP contribution in [-0.2, 0) is 6.61 Å². The quantitative estimate of drug-likeness (QED) is 0.616. The molecule has 2 heterocycles. The number of rotatable bonds is 0. The molecule has 0 saturated heterocycles. The zero-order valence-electron chi connectivity index (χ0n) is 6.99. The van der Waals surface area contributed by atoms with Crippen molar-refractivity contribution >= 4 is 11.3 Å². The Bertz CT molecular complexity index is 445. The fourth-order valence-electron chi connectivity index (χ4n) is 1.62. The summed E-state index contributed by atoms with van der Waals surface area (Å²) in [6, 6.07) is 10.3. The lowest BCUT2D eigenvalue weighted by Gasteiger charge is -2.16. The number of ether oxygens (including phenoxy) is 1. The van der Waals surface area contributed by atoms with Gasteiger partial charge < -0.3 is 4.74 Å². The molecule has 0 unspecified atom stereocenters. The predicted octanol–water partition coefficient (Wildman–Crippen LogP) is 3.31. The van der Waals surface area contributed by atoms with Gasteiger partial charge in [0, 0.05) is 16.0 Å². The van der Waals surface area contributed by atoms with Crippen LogP contribution in [0.5, 0.6) is 5.75 Å². The van der Waals surface area contributed by atoms with Crippen LogP contribution in [0.2, 0.25) is 0 Å². The molecule has 1 aromatic heterocycles. The maximum absolute atomic E-state index is 5.61. The van der Waals surface area contributed by atoms with Crippen LogP contribution in [0.25, 0.3) is 10.4 Å². The van der Waals surface area contributed by atoms with Crippen molar-refractivity contribution in [3.8, 4) is 16.2 Å². The lowest BCUT2D eigenvalue weighted by molar-refractivity contribution is 0.303. The van der Waals surface area contributed by atoms with Crippen molar-refractivity contribution in [1.29, 1.82) is 0 Å². The first-order valence-corrected chi connectivity index (χ1v) is 5.12. The average Bonchev–Trinajstić information content (AvgIpc) is 2.65. The summed E-state index contributed by atoms with van der Waals surface area (Å²) >= 11 is 1.79. The molecule has 3 rings (SSSR count). The van der Waals surface area contributed by atoms with E-state index < -0.39 is 0 Å². The third kappa shape index (κ3) is 0.988. The minimum Gasteiger partial charge on any atom is -0.488 e. The zero-order valence-corrected chi connectivity index (χ0v) is 7.80. The SMILES string of the molecule is c1ccc2c(c1)OCc1ccsc1-2. The summed E-state index contributed by atoms with van der Waals surface area (Å²) in [7, 11) is 0. The Balaban J connectivity index is 2.30. The van der Waals surface area contributed by atoms with E-state index in [9.17, 15) is 0 Å². The second-order valence-electron chi connectivity index (χ2n) is 3.06. The van der Waals surface area contributed by atoms with E-state index in [0.717, 1.165) is 12.4 Å². The summed E-state index contributed by atoms with van der Waals surface area (Å²) in [6.45, 7) is 0.718. The van der Waals surface area contributed by atoms with E-state index in [4.69, 9.17) is 4.74 Å². The molecule has 0 radical (unpaired) electrons. The number of benzene rings is 1. The predicted molar refractivity (Wildman–Crippen MR) is 54.1 cm³/mol. The van der Waals surface area contributed by atoms with Crippen molar-refractivity contribution < 1.29 is 4.74 Å². The molecule has 13 heavy (non-hydrogen) atoms. The summed E-state index contributed by atoms with van der Waals surface area (Å²) < 4.78 is 5.61. The standard InChI is InChI=1S/C11H8OS/c1-2-4-10-9(3-1)11-8(7-12-10)5-6-13-11/h1-6H,7H2. The van der Waals surface area contributed by atoms with Crippen LogP contribution >= 0.6 is 11.3 Å². The molecule has 0 saturated carbocycles. The highest BCUT2D eigenvalue weighted by atomic mass is 32.1. The van der Waals surface area contributed by atoms with Gasteiger partial charge in [0.15, 0.2) is 0 Å². The number of hydrogen-bond acceptors (Lipinski definition) is 2. The second-order valence-corrected chi connectivity index (χ2v) is 3.98. The molecule has 64 valence electrons. The van der Waals surface area contributed by atoms with Gasteiger partial charge in [0.25, 0.3) is 0 Å². The monoisotopic (exact) mass is 188 g/mol. The Kier molecular flexibility index (Phi) is 1.43. The van der Waals surface area contributed by atoms with E-state index in [2.05, 4.69) is 23.6 Å². The first kappa shape index (κ1) is 7.15. The largest absolute Gasteiger partial charge is 0.488 e. The van der Waals surface area contributed by atoms with Crippen LogP contribution in [-0.4, -0.2) is 0 Å². The van der Waals surface area contributed by atoms with Gasteiger partial charge in [-0.3, -0.25) is 0 Å². The van der Waals surface area contributed by atoms with Gasteiger partial charge in [0.05, 0.1) is 0 Å². The summed E-state index contributed by atoms with van der Waals surface area (Å²) in [5, 5.41) is 2.12. The number of thiophene rings is 1. The van der Waals surface area contributed by atoms with Gasteiger partial charge in [0.2, 0.25) is 0 Å². The molecule has 0 N–H and O–H groups in total. The first-order valence-electron chi connectivity index (χ1n) is 4.24. The molecule has 0 amide bonds. The highest BCUT2D eigenvalue weighted by Crippen LogP contribution is 2.40. The summed E-state index contributed by atoms with van der Waals surface area (Å²) in [4.78, 5) is 1.36. The van der Waals surface area contributed by atoms with Crippen LogP contribution in [0, 0.1) is 0 Å². The fourth-order valence-corrected chi connectivity index (χ4v) is 2.56. The summed E-state index contributed by atoms with van der Waals surface area (Å²) in [6.07, 6.45) is 0. The van der Waals surface area contributed by atoms with Gasteiger partial charge in [-0.1, -0.05) is 12.1 Å². The van der Waals surface area contributed by atoms with Crippen molar-refractivity contribution in [3.05, 3.63) is 41.3 Å². The zero-order chi connectivity index (χ0) is 8.67. The molecule has 0 fully saturated rings. The molecule has 2 heteroatoms. The van der Waals surface area contributed by atoms with E-state index in [1.54, 1.807) is 11.3 Å². The van der Waals surface area contributed by atoms with Crippen LogP contribution in [0.4, 0.5) is 0 Å². The van der Waals surface area contributed by atoms with Gasteiger partial charge in [-0.2, -0.15) is 0 Å². The first-order chi connectivity index (χ1) is 6.45. The molecule has 1 nitrogen and oxygen atoms in total. The van der Waals surface area contributed by atoms with Crippen LogP contribution in [0.1, 0.15) is 5.56 Å². The Morgan fingerprint density at radius 2 is 2.08 bits per heavy atom. The van der Waals surface area contributed by atoms with E-state index in [0.29, 0.717) is 0 Å². The minimum atomic E-state index is 0.718. The van der Waals surface area contributed by atoms with Crippen molar-refractivity contribution in [3.63, 3.8) is 0 Å². The van der Waals surface area contributed by atoms with Gasteiger partial charge in [-0.05, 0) is 23.6 Å². The van der Waals surface area contributed by atoms with Crippen molar-refractivity contribution in [1.82, 2.24) is 0 Å². The third-order valence-electron chi connectivity index (χ3n) is 2.26. The molecule has 1 aliphatic heterocycles. The smallest absolute Gasteiger partial charge is 0.128 e. The normalized spacial score (nSPS) is 12.9. The van der Waals surface area contributed by atoms with E-state index in [-0.39, 0.29) is 0 Å². The summed E-state index contributed by atoms with van der Waals surface area (Å²) in [5.74, 6) is 1.01. The molecule has 1 aromatic carbocycles. The van der Waals surface area contributed by atoms with Gasteiger partial charge in [-0.25, -0.2) is 0 Å². The number of para-hydroxylation sites is 1. The summed E-state index contributed by atoms with van der Waals surface area (Å²) in [5.41, 5.74) is 2.54. The Morgan fingerprint density at radius 1 is 1.15 bits per heavy atom. The molecular formula is C11H8OS. The molecule has 0 aliphatic carbocycles. The van der Waals surface area contributed by atoms with Gasteiger partial charge >= 0.3 is 0 Å². The van der Waals surface area contributed by atoms with Crippen molar-refractivity contribution in [2.24, 2.45) is 0 Å². The lowest BCUT2D eigenvalue weighted by Crippen LogP contribution is -2.01. The Hall–Kier alpha value is -1.28. The van der Waals surface area contributed by atoms with Gasteiger partial charge in [0.1, 0.15) is 12.4 Å². The average molecular weight is 188 g/mol. The van der Waals surface area contributed by atoms with Crippen molar-refractivity contribution in [2.75, 3.05) is 0 Å². The van der Waals surface area contributed by atoms with Crippen LogP contribution < -0.4 is 4.74 Å². The molecule has 0 atom stereocenters. The number of hydrogen-bond donors (Lipinski definition) is 0. The maximum atomic E-state index is 5.61. The van der Waals surface area contributed by atoms with E-state index >= 15 is 0 Å². The highest BCUT2D eigenvalue weighted by Gasteiger charge is 2.16. The molecule has 1 aliphatic rings. The highest BCUT2D eigenvalue weighted by molar-refractivity contribution is 7.13. The topological polar surface area (TPSA) is 9.23 Å². The Morgan fingerprint density at radius 3 is 3.08 bits per heavy atom. The van der Waals surface area contributed by atoms with Gasteiger partial charge in [-0.15, -0.1) is 11.3 Å². The fraction of sp³-hybridized carbons (Fsp3) is 0.0909. The molecule has 0 spiro atoms. The Labute approximate surface area is 80.6 Å². The number of fused-ring (bicyclic) bond motifs is 3. The lowest BCUT2D eigenvalue weighted by atomic mass is 10.1.